The van der Waals surface area contributed by atoms with Crippen LogP contribution in [0.3, 0.4) is 0 Å². The van der Waals surface area contributed by atoms with E-state index in [1.807, 2.05) is 23.4 Å². The molecule has 2 aromatic heterocycles. The zero-order valence-electron chi connectivity index (χ0n) is 14.8. The van der Waals surface area contributed by atoms with E-state index in [4.69, 9.17) is 10.1 Å². The zero-order chi connectivity index (χ0) is 19.2. The fourth-order valence-electron chi connectivity index (χ4n) is 3.62. The number of carbonyl (C=O) groups is 1. The van der Waals surface area contributed by atoms with Crippen LogP contribution in [0.15, 0.2) is 40.7 Å². The van der Waals surface area contributed by atoms with Crippen molar-refractivity contribution < 1.29 is 13.2 Å². The van der Waals surface area contributed by atoms with Gasteiger partial charge in [-0.3, -0.25) is 9.20 Å². The fraction of sp³-hybridized carbons (Fsp3) is 0.333. The van der Waals surface area contributed by atoms with Gasteiger partial charge < -0.3 is 4.90 Å². The lowest BCUT2D eigenvalue weighted by Crippen LogP contribution is -2.39. The normalized spacial score (nSPS) is 18.1. The molecule has 0 radical (unpaired) electrons. The van der Waals surface area contributed by atoms with Gasteiger partial charge in [0.25, 0.3) is 5.91 Å². The minimum absolute atomic E-state index is 0.00384. The fourth-order valence-corrected chi connectivity index (χ4v) is 5.08. The molecule has 0 bridgehead atoms. The van der Waals surface area contributed by atoms with Crippen LogP contribution in [-0.4, -0.2) is 41.7 Å². The summed E-state index contributed by atoms with van der Waals surface area (Å²) in [5.74, 6) is 1.07. The van der Waals surface area contributed by atoms with Gasteiger partial charge >= 0.3 is 0 Å². The molecule has 7 nitrogen and oxygen atoms in total. The number of aromatic nitrogens is 2. The summed E-state index contributed by atoms with van der Waals surface area (Å²) in [7, 11) is -3.76. The first-order valence-corrected chi connectivity index (χ1v) is 11.1. The molecule has 27 heavy (non-hydrogen) atoms. The largest absolute Gasteiger partial charge is 0.338 e. The average Bonchev–Trinajstić information content (AvgIpc) is 3.25. The summed E-state index contributed by atoms with van der Waals surface area (Å²) in [6.07, 6.45) is 3.93. The van der Waals surface area contributed by atoms with Crippen LogP contribution in [0.5, 0.6) is 0 Å². The highest BCUT2D eigenvalue weighted by Crippen LogP contribution is 2.32. The number of fused-ring (bicyclic) bond motifs is 1. The third-order valence-electron chi connectivity index (χ3n) is 4.98. The Balaban J connectivity index is 1.56. The minimum atomic E-state index is -3.76. The van der Waals surface area contributed by atoms with Gasteiger partial charge in [-0.05, 0) is 44.0 Å². The van der Waals surface area contributed by atoms with Crippen molar-refractivity contribution in [2.75, 3.05) is 13.1 Å². The standard InChI is InChI=1S/C18H20N4O3S2/c1-12-20-16(18-22(12)9-10-26-18)14-3-2-8-21(11-14)17(23)13-4-6-15(7-5-13)27(19,24)25/h4-7,9-10,14H,2-3,8,11H2,1H3,(H2,19,24,25)/t14-/m0/s1. The van der Waals surface area contributed by atoms with Gasteiger partial charge in [0.15, 0.2) is 0 Å². The summed E-state index contributed by atoms with van der Waals surface area (Å²) in [5.41, 5.74) is 1.52. The van der Waals surface area contributed by atoms with Crippen molar-refractivity contribution in [2.24, 2.45) is 5.14 Å². The monoisotopic (exact) mass is 404 g/mol. The van der Waals surface area contributed by atoms with E-state index >= 15 is 0 Å². The van der Waals surface area contributed by atoms with Gasteiger partial charge in [-0.25, -0.2) is 18.5 Å². The number of sulfonamides is 1. The van der Waals surface area contributed by atoms with Crippen molar-refractivity contribution in [3.05, 3.63) is 52.9 Å². The van der Waals surface area contributed by atoms with E-state index in [1.165, 1.54) is 24.3 Å². The number of piperidine rings is 1. The number of amides is 1. The maximum Gasteiger partial charge on any atom is 0.253 e. The Morgan fingerprint density at radius 3 is 2.74 bits per heavy atom. The predicted molar refractivity (Wildman–Crippen MR) is 103 cm³/mol. The Labute approximate surface area is 161 Å². The van der Waals surface area contributed by atoms with Gasteiger partial charge in [0.2, 0.25) is 10.0 Å². The summed E-state index contributed by atoms with van der Waals surface area (Å²) < 4.78 is 24.8. The van der Waals surface area contributed by atoms with Crippen molar-refractivity contribution in [1.29, 1.82) is 0 Å². The summed E-state index contributed by atoms with van der Waals surface area (Å²) >= 11 is 1.67. The van der Waals surface area contributed by atoms with Crippen LogP contribution in [0.2, 0.25) is 0 Å². The number of imidazole rings is 1. The van der Waals surface area contributed by atoms with E-state index in [1.54, 1.807) is 11.3 Å². The van der Waals surface area contributed by atoms with Gasteiger partial charge in [0.1, 0.15) is 10.7 Å². The van der Waals surface area contributed by atoms with Crippen molar-refractivity contribution in [3.63, 3.8) is 0 Å². The number of benzene rings is 1. The molecule has 0 aliphatic carbocycles. The summed E-state index contributed by atoms with van der Waals surface area (Å²) in [5, 5.41) is 7.16. The highest BCUT2D eigenvalue weighted by atomic mass is 32.2. The van der Waals surface area contributed by atoms with Crippen molar-refractivity contribution in [1.82, 2.24) is 14.3 Å². The lowest BCUT2D eigenvalue weighted by atomic mass is 9.94. The second-order valence-corrected chi connectivity index (χ2v) is 9.24. The number of thiazole rings is 1. The van der Waals surface area contributed by atoms with Gasteiger partial charge in [-0.15, -0.1) is 11.3 Å². The number of rotatable bonds is 3. The van der Waals surface area contributed by atoms with Crippen LogP contribution in [0.1, 0.15) is 40.6 Å². The predicted octanol–water partition coefficient (Wildman–Crippen LogP) is 2.37. The Morgan fingerprint density at radius 1 is 1.30 bits per heavy atom. The number of hydrogen-bond acceptors (Lipinski definition) is 5. The van der Waals surface area contributed by atoms with E-state index < -0.39 is 10.0 Å². The number of carbonyl (C=O) groups excluding carboxylic acids is 1. The summed E-state index contributed by atoms with van der Waals surface area (Å²) in [6, 6.07) is 5.78. The van der Waals surface area contributed by atoms with Crippen LogP contribution < -0.4 is 5.14 Å². The topological polar surface area (TPSA) is 97.8 Å². The first-order valence-electron chi connectivity index (χ1n) is 8.69. The molecule has 3 aromatic rings. The molecular weight excluding hydrogens is 384 g/mol. The van der Waals surface area contributed by atoms with E-state index in [2.05, 4.69) is 4.40 Å². The highest BCUT2D eigenvalue weighted by Gasteiger charge is 2.29. The molecule has 1 aromatic carbocycles. The molecular formula is C18H20N4O3S2. The number of likely N-dealkylation sites (tertiary alicyclic amines) is 1. The Kier molecular flexibility index (Phi) is 4.53. The molecule has 142 valence electrons. The molecule has 1 aliphatic rings. The summed E-state index contributed by atoms with van der Waals surface area (Å²) in [4.78, 5) is 20.6. The number of nitrogens with zero attached hydrogens (tertiary/aromatic N) is 3. The number of primary sulfonamides is 1. The van der Waals surface area contributed by atoms with Gasteiger partial charge in [-0.2, -0.15) is 0 Å². The SMILES string of the molecule is Cc1nc([C@H]2CCCN(C(=O)c3ccc(S(N)(=O)=O)cc3)C2)c2sccn12. The van der Waals surface area contributed by atoms with Crippen LogP contribution in [0.4, 0.5) is 0 Å². The summed E-state index contributed by atoms with van der Waals surface area (Å²) in [6.45, 7) is 3.29. The lowest BCUT2D eigenvalue weighted by Gasteiger charge is -2.32. The third-order valence-corrected chi connectivity index (χ3v) is 6.80. The van der Waals surface area contributed by atoms with Crippen molar-refractivity contribution >= 4 is 32.1 Å². The van der Waals surface area contributed by atoms with Crippen LogP contribution in [0.25, 0.3) is 4.83 Å². The molecule has 4 rings (SSSR count). The molecule has 1 saturated heterocycles. The molecule has 0 unspecified atom stereocenters. The molecule has 1 aliphatic heterocycles. The minimum Gasteiger partial charge on any atom is -0.338 e. The maximum atomic E-state index is 12.9. The molecule has 1 amide bonds. The smallest absolute Gasteiger partial charge is 0.253 e. The van der Waals surface area contributed by atoms with E-state index in [9.17, 15) is 13.2 Å². The molecule has 1 atom stereocenters. The number of nitrogens with two attached hydrogens (primary N) is 1. The van der Waals surface area contributed by atoms with Crippen LogP contribution in [-0.2, 0) is 10.0 Å². The van der Waals surface area contributed by atoms with Gasteiger partial charge in [-0.1, -0.05) is 0 Å². The van der Waals surface area contributed by atoms with Crippen molar-refractivity contribution in [3.8, 4) is 0 Å². The van der Waals surface area contributed by atoms with Gasteiger partial charge in [0.05, 0.1) is 10.6 Å². The molecule has 2 N–H and O–H groups in total. The lowest BCUT2D eigenvalue weighted by molar-refractivity contribution is 0.0706. The van der Waals surface area contributed by atoms with Gasteiger partial charge in [0, 0.05) is 36.1 Å². The number of aryl methyl sites for hydroxylation is 1. The van der Waals surface area contributed by atoms with Crippen LogP contribution in [0, 0.1) is 6.92 Å². The van der Waals surface area contributed by atoms with E-state index in [0.29, 0.717) is 18.7 Å². The number of hydrogen-bond donors (Lipinski definition) is 1. The second kappa shape index (κ2) is 6.74. The molecule has 1 fully saturated rings. The van der Waals surface area contributed by atoms with Crippen molar-refractivity contribution in [2.45, 2.75) is 30.6 Å². The Morgan fingerprint density at radius 2 is 2.04 bits per heavy atom. The second-order valence-electron chi connectivity index (χ2n) is 6.78. The van der Waals surface area contributed by atoms with E-state index in [0.717, 1.165) is 29.2 Å². The molecule has 0 saturated carbocycles. The third kappa shape index (κ3) is 3.38. The molecule has 0 spiro atoms. The van der Waals surface area contributed by atoms with E-state index in [-0.39, 0.29) is 16.7 Å². The quantitative estimate of drug-likeness (QED) is 0.725. The molecule has 3 heterocycles. The first-order chi connectivity index (χ1) is 12.8. The zero-order valence-corrected chi connectivity index (χ0v) is 16.5. The maximum absolute atomic E-state index is 12.9. The Bertz CT molecular complexity index is 1100. The van der Waals surface area contributed by atoms with Crippen LogP contribution >= 0.6 is 11.3 Å². The highest BCUT2D eigenvalue weighted by molar-refractivity contribution is 7.89. The molecule has 9 heteroatoms. The Hall–Kier alpha value is -2.23. The first kappa shape index (κ1) is 18.1. The average molecular weight is 405 g/mol.